The molecule has 1 unspecified atom stereocenters. The normalized spacial score (nSPS) is 21.9. The molecule has 0 saturated heterocycles. The molecule has 0 heterocycles. The summed E-state index contributed by atoms with van der Waals surface area (Å²) in [5.41, 5.74) is 0.534. The highest BCUT2D eigenvalue weighted by molar-refractivity contribution is 9.10. The molecule has 1 amide bonds. The molecule has 0 spiro atoms. The molecule has 1 aromatic carbocycles. The molecule has 1 aliphatic rings. The highest BCUT2D eigenvalue weighted by Crippen LogP contribution is 2.43. The van der Waals surface area contributed by atoms with Crippen LogP contribution < -0.4 is 5.32 Å². The molecule has 0 aromatic heterocycles. The van der Waals surface area contributed by atoms with E-state index in [0.29, 0.717) is 10.2 Å². The number of hydrogen-bond donors (Lipinski definition) is 1. The molecular weight excluding hydrogens is 297 g/mol. The van der Waals surface area contributed by atoms with E-state index < -0.39 is 0 Å². The highest BCUT2D eigenvalue weighted by Gasteiger charge is 2.39. The third-order valence-corrected chi connectivity index (χ3v) is 4.45. The summed E-state index contributed by atoms with van der Waals surface area (Å²) < 4.78 is 13.9. The Morgan fingerprint density at radius 2 is 2.22 bits per heavy atom. The van der Waals surface area contributed by atoms with Gasteiger partial charge in [0.15, 0.2) is 0 Å². The van der Waals surface area contributed by atoms with Gasteiger partial charge in [-0.05, 0) is 52.4 Å². The molecule has 4 heteroatoms. The second-order valence-electron chi connectivity index (χ2n) is 5.55. The van der Waals surface area contributed by atoms with Crippen molar-refractivity contribution in [3.8, 4) is 0 Å². The number of hydrogen-bond acceptors (Lipinski definition) is 1. The molecule has 0 bridgehead atoms. The first-order valence-electron chi connectivity index (χ1n) is 6.16. The Labute approximate surface area is 115 Å². The lowest BCUT2D eigenvalue weighted by Gasteiger charge is -2.26. The first kappa shape index (κ1) is 13.5. The van der Waals surface area contributed by atoms with Gasteiger partial charge in [0.05, 0.1) is 5.69 Å². The summed E-state index contributed by atoms with van der Waals surface area (Å²) >= 11 is 3.31. The molecule has 1 aromatic rings. The van der Waals surface area contributed by atoms with E-state index in [9.17, 15) is 9.18 Å². The molecule has 0 aliphatic heterocycles. The quantitative estimate of drug-likeness (QED) is 0.864. The van der Waals surface area contributed by atoms with Crippen molar-refractivity contribution in [2.75, 3.05) is 5.32 Å². The summed E-state index contributed by atoms with van der Waals surface area (Å²) in [5, 5.41) is 2.82. The van der Waals surface area contributed by atoms with Gasteiger partial charge in [0, 0.05) is 10.4 Å². The van der Waals surface area contributed by atoms with Gasteiger partial charge in [-0.25, -0.2) is 4.39 Å². The average molecular weight is 314 g/mol. The Morgan fingerprint density at radius 1 is 1.50 bits per heavy atom. The van der Waals surface area contributed by atoms with E-state index in [0.717, 1.165) is 19.3 Å². The summed E-state index contributed by atoms with van der Waals surface area (Å²) in [7, 11) is 0. The van der Waals surface area contributed by atoms with Gasteiger partial charge in [-0.1, -0.05) is 20.3 Å². The standard InChI is InChI=1S/C14H17BrFNO/c1-14(2)7-3-4-10(14)13(18)17-12-8-9(16)5-6-11(12)15/h5-6,8,10H,3-4,7H2,1-2H3,(H,17,18). The zero-order valence-corrected chi connectivity index (χ0v) is 12.2. The molecule has 1 aliphatic carbocycles. The Balaban J connectivity index is 2.14. The first-order valence-corrected chi connectivity index (χ1v) is 6.95. The number of amides is 1. The molecule has 2 rings (SSSR count). The summed E-state index contributed by atoms with van der Waals surface area (Å²) in [6.07, 6.45) is 3.05. The van der Waals surface area contributed by atoms with Crippen LogP contribution in [0, 0.1) is 17.2 Å². The SMILES string of the molecule is CC1(C)CCCC1C(=O)Nc1cc(F)ccc1Br. The Morgan fingerprint density at radius 3 is 2.83 bits per heavy atom. The lowest BCUT2D eigenvalue weighted by atomic mass is 9.81. The number of nitrogens with one attached hydrogen (secondary N) is 1. The van der Waals surface area contributed by atoms with E-state index in [2.05, 4.69) is 35.1 Å². The van der Waals surface area contributed by atoms with Crippen LogP contribution in [0.5, 0.6) is 0 Å². The number of benzene rings is 1. The van der Waals surface area contributed by atoms with Gasteiger partial charge in [0.2, 0.25) is 5.91 Å². The van der Waals surface area contributed by atoms with Crippen LogP contribution in [-0.4, -0.2) is 5.91 Å². The van der Waals surface area contributed by atoms with Gasteiger partial charge >= 0.3 is 0 Å². The maximum absolute atomic E-state index is 13.2. The predicted molar refractivity (Wildman–Crippen MR) is 73.9 cm³/mol. The third kappa shape index (κ3) is 2.74. The summed E-state index contributed by atoms with van der Waals surface area (Å²) in [6.45, 7) is 4.23. The van der Waals surface area contributed by atoms with Crippen LogP contribution in [0.2, 0.25) is 0 Å². The van der Waals surface area contributed by atoms with Crippen molar-refractivity contribution in [1.29, 1.82) is 0 Å². The van der Waals surface area contributed by atoms with Crippen LogP contribution in [0.3, 0.4) is 0 Å². The molecule has 18 heavy (non-hydrogen) atoms. The van der Waals surface area contributed by atoms with Gasteiger partial charge < -0.3 is 5.32 Å². The maximum atomic E-state index is 13.2. The lowest BCUT2D eigenvalue weighted by Crippen LogP contribution is -2.30. The van der Waals surface area contributed by atoms with Crippen molar-refractivity contribution >= 4 is 27.5 Å². The summed E-state index contributed by atoms with van der Waals surface area (Å²) in [6, 6.07) is 4.30. The molecule has 1 atom stereocenters. The molecule has 1 fully saturated rings. The molecule has 2 nitrogen and oxygen atoms in total. The smallest absolute Gasteiger partial charge is 0.228 e. The van der Waals surface area contributed by atoms with Crippen LogP contribution in [0.25, 0.3) is 0 Å². The molecule has 0 radical (unpaired) electrons. The molecule has 1 saturated carbocycles. The van der Waals surface area contributed by atoms with Crippen LogP contribution in [0.15, 0.2) is 22.7 Å². The van der Waals surface area contributed by atoms with E-state index >= 15 is 0 Å². The van der Waals surface area contributed by atoms with Crippen LogP contribution >= 0.6 is 15.9 Å². The predicted octanol–water partition coefficient (Wildman–Crippen LogP) is 4.35. The largest absolute Gasteiger partial charge is 0.325 e. The average Bonchev–Trinajstić information content (AvgIpc) is 2.63. The zero-order chi connectivity index (χ0) is 13.3. The van der Waals surface area contributed by atoms with Crippen molar-refractivity contribution in [3.63, 3.8) is 0 Å². The second-order valence-corrected chi connectivity index (χ2v) is 6.40. The van der Waals surface area contributed by atoms with E-state index in [1.165, 1.54) is 12.1 Å². The number of carbonyl (C=O) groups is 1. The van der Waals surface area contributed by atoms with Gasteiger partial charge in [-0.15, -0.1) is 0 Å². The minimum atomic E-state index is -0.348. The first-order chi connectivity index (χ1) is 8.40. The van der Waals surface area contributed by atoms with Crippen molar-refractivity contribution < 1.29 is 9.18 Å². The second kappa shape index (κ2) is 5.00. The zero-order valence-electron chi connectivity index (χ0n) is 10.6. The van der Waals surface area contributed by atoms with Gasteiger partial charge in [-0.2, -0.15) is 0 Å². The number of halogens is 2. The maximum Gasteiger partial charge on any atom is 0.228 e. The minimum Gasteiger partial charge on any atom is -0.325 e. The molecule has 98 valence electrons. The van der Waals surface area contributed by atoms with Gasteiger partial charge in [0.1, 0.15) is 5.82 Å². The van der Waals surface area contributed by atoms with E-state index in [1.54, 1.807) is 6.07 Å². The highest BCUT2D eigenvalue weighted by atomic mass is 79.9. The van der Waals surface area contributed by atoms with E-state index in [4.69, 9.17) is 0 Å². The Hall–Kier alpha value is -0.900. The molecule has 1 N–H and O–H groups in total. The fourth-order valence-electron chi connectivity index (χ4n) is 2.63. The van der Waals surface area contributed by atoms with Crippen molar-refractivity contribution in [1.82, 2.24) is 0 Å². The van der Waals surface area contributed by atoms with E-state index in [1.807, 2.05) is 0 Å². The van der Waals surface area contributed by atoms with Crippen molar-refractivity contribution in [3.05, 3.63) is 28.5 Å². The fraction of sp³-hybridized carbons (Fsp3) is 0.500. The van der Waals surface area contributed by atoms with E-state index in [-0.39, 0.29) is 23.1 Å². The topological polar surface area (TPSA) is 29.1 Å². The van der Waals surface area contributed by atoms with Crippen LogP contribution in [0.4, 0.5) is 10.1 Å². The van der Waals surface area contributed by atoms with Crippen LogP contribution in [-0.2, 0) is 4.79 Å². The number of carbonyl (C=O) groups excluding carboxylic acids is 1. The Bertz CT molecular complexity index is 473. The van der Waals surface area contributed by atoms with Crippen LogP contribution in [0.1, 0.15) is 33.1 Å². The number of anilines is 1. The Kier molecular flexibility index (Phi) is 3.76. The molecular formula is C14H17BrFNO. The third-order valence-electron chi connectivity index (χ3n) is 3.76. The van der Waals surface area contributed by atoms with Crippen molar-refractivity contribution in [2.45, 2.75) is 33.1 Å². The van der Waals surface area contributed by atoms with Gasteiger partial charge in [-0.3, -0.25) is 4.79 Å². The fourth-order valence-corrected chi connectivity index (χ4v) is 2.97. The summed E-state index contributed by atoms with van der Waals surface area (Å²) in [4.78, 5) is 12.2. The minimum absolute atomic E-state index is 0.00710. The number of rotatable bonds is 2. The van der Waals surface area contributed by atoms with Crippen molar-refractivity contribution in [2.24, 2.45) is 11.3 Å². The monoisotopic (exact) mass is 313 g/mol. The van der Waals surface area contributed by atoms with Gasteiger partial charge in [0.25, 0.3) is 0 Å². The summed E-state index contributed by atoms with van der Waals surface area (Å²) in [5.74, 6) is -0.351. The lowest BCUT2D eigenvalue weighted by molar-refractivity contribution is -0.122.